The molecule has 0 saturated heterocycles. The summed E-state index contributed by atoms with van der Waals surface area (Å²) in [5, 5.41) is 3.00. The van der Waals surface area contributed by atoms with E-state index >= 15 is 0 Å². The summed E-state index contributed by atoms with van der Waals surface area (Å²) in [7, 11) is 0. The first-order chi connectivity index (χ1) is 12.7. The van der Waals surface area contributed by atoms with Crippen LogP contribution in [-0.2, 0) is 13.0 Å². The molecule has 0 atom stereocenters. The number of aromatic nitrogens is 2. The fourth-order valence-corrected chi connectivity index (χ4v) is 3.34. The van der Waals surface area contributed by atoms with E-state index in [4.69, 9.17) is 4.98 Å². The molecule has 0 radical (unpaired) electrons. The molecule has 0 bridgehead atoms. The molecule has 1 heterocycles. The smallest absolute Gasteiger partial charge is 0.251 e. The number of para-hydroxylation sites is 2. The summed E-state index contributed by atoms with van der Waals surface area (Å²) in [5.74, 6) is 0.990. The van der Waals surface area contributed by atoms with Crippen LogP contribution >= 0.6 is 15.9 Å². The van der Waals surface area contributed by atoms with Gasteiger partial charge in [-0.3, -0.25) is 4.79 Å². The second-order valence-electron chi connectivity index (χ2n) is 6.39. The number of halogens is 1. The Kier molecular flexibility index (Phi) is 6.45. The molecule has 0 fully saturated rings. The van der Waals surface area contributed by atoms with Crippen LogP contribution in [0.5, 0.6) is 0 Å². The lowest BCUT2D eigenvalue weighted by Gasteiger charge is -2.10. The van der Waals surface area contributed by atoms with Crippen molar-refractivity contribution < 1.29 is 4.79 Å². The molecule has 1 aromatic heterocycles. The second-order valence-corrected chi connectivity index (χ2v) is 7.30. The summed E-state index contributed by atoms with van der Waals surface area (Å²) in [6, 6.07) is 15.6. The lowest BCUT2D eigenvalue weighted by molar-refractivity contribution is 0.0954. The Labute approximate surface area is 162 Å². The zero-order valence-electron chi connectivity index (χ0n) is 15.0. The molecule has 1 amide bonds. The van der Waals surface area contributed by atoms with Gasteiger partial charge in [0.05, 0.1) is 11.0 Å². The van der Waals surface area contributed by atoms with Crippen molar-refractivity contribution in [3.63, 3.8) is 0 Å². The molecule has 26 heavy (non-hydrogen) atoms. The molecule has 5 heteroatoms. The second kappa shape index (κ2) is 8.99. The van der Waals surface area contributed by atoms with Gasteiger partial charge in [0, 0.05) is 29.5 Å². The highest BCUT2D eigenvalue weighted by Gasteiger charge is 2.11. The highest BCUT2D eigenvalue weighted by atomic mass is 79.9. The van der Waals surface area contributed by atoms with E-state index in [2.05, 4.69) is 50.9 Å². The average Bonchev–Trinajstić information content (AvgIpc) is 3.00. The summed E-state index contributed by atoms with van der Waals surface area (Å²) in [5.41, 5.74) is 2.88. The van der Waals surface area contributed by atoms with Gasteiger partial charge in [-0.15, -0.1) is 0 Å². The molecule has 3 aromatic rings. The summed E-state index contributed by atoms with van der Waals surface area (Å²) in [6.07, 6.45) is 4.29. The van der Waals surface area contributed by atoms with Gasteiger partial charge >= 0.3 is 0 Å². The highest BCUT2D eigenvalue weighted by Crippen LogP contribution is 2.17. The van der Waals surface area contributed by atoms with Crippen LogP contribution in [0.1, 0.15) is 42.4 Å². The van der Waals surface area contributed by atoms with Crippen LogP contribution in [0.2, 0.25) is 0 Å². The van der Waals surface area contributed by atoms with Crippen LogP contribution in [0, 0.1) is 0 Å². The number of hydrogen-bond acceptors (Lipinski definition) is 2. The molecule has 2 aromatic carbocycles. The molecule has 1 N–H and O–H groups in total. The first kappa shape index (κ1) is 18.6. The number of nitrogens with zero attached hydrogens (tertiary/aromatic N) is 2. The van der Waals surface area contributed by atoms with Crippen LogP contribution < -0.4 is 5.32 Å². The third-order valence-electron chi connectivity index (χ3n) is 4.46. The average molecular weight is 414 g/mol. The Morgan fingerprint density at radius 3 is 2.65 bits per heavy atom. The molecule has 0 aliphatic heterocycles. The normalized spacial score (nSPS) is 11.0. The van der Waals surface area contributed by atoms with Gasteiger partial charge in [0.2, 0.25) is 0 Å². The first-order valence-corrected chi connectivity index (χ1v) is 9.96. The van der Waals surface area contributed by atoms with Crippen molar-refractivity contribution in [1.29, 1.82) is 0 Å². The van der Waals surface area contributed by atoms with Gasteiger partial charge in [0.25, 0.3) is 5.91 Å². The molecule has 0 aliphatic rings. The largest absolute Gasteiger partial charge is 0.352 e. The van der Waals surface area contributed by atoms with Crippen LogP contribution in [0.25, 0.3) is 11.0 Å². The van der Waals surface area contributed by atoms with Crippen molar-refractivity contribution in [2.45, 2.75) is 39.2 Å². The number of hydrogen-bond donors (Lipinski definition) is 1. The molecule has 3 rings (SSSR count). The molecular formula is C21H24BrN3O. The van der Waals surface area contributed by atoms with Crippen molar-refractivity contribution in [2.24, 2.45) is 0 Å². The molecule has 0 spiro atoms. The molecular weight excluding hydrogens is 390 g/mol. The number of carbonyl (C=O) groups excluding carboxylic acids is 1. The number of imidazole rings is 1. The maximum Gasteiger partial charge on any atom is 0.251 e. The molecule has 0 saturated carbocycles. The highest BCUT2D eigenvalue weighted by molar-refractivity contribution is 9.10. The van der Waals surface area contributed by atoms with Gasteiger partial charge in [0.1, 0.15) is 5.82 Å². The summed E-state index contributed by atoms with van der Waals surface area (Å²) < 4.78 is 3.27. The maximum atomic E-state index is 12.3. The number of nitrogens with one attached hydrogen (secondary N) is 1. The van der Waals surface area contributed by atoms with Gasteiger partial charge in [0.15, 0.2) is 0 Å². The van der Waals surface area contributed by atoms with E-state index in [-0.39, 0.29) is 5.91 Å². The third kappa shape index (κ3) is 4.52. The number of aryl methyl sites for hydroxylation is 1. The predicted molar refractivity (Wildman–Crippen MR) is 109 cm³/mol. The van der Waals surface area contributed by atoms with Crippen molar-refractivity contribution >= 4 is 32.9 Å². The predicted octanol–water partition coefficient (Wildman–Crippen LogP) is 4.96. The van der Waals surface area contributed by atoms with Gasteiger partial charge in [-0.05, 0) is 42.8 Å². The lowest BCUT2D eigenvalue weighted by Crippen LogP contribution is -2.26. The van der Waals surface area contributed by atoms with Crippen LogP contribution in [-0.4, -0.2) is 22.0 Å². The summed E-state index contributed by atoms with van der Waals surface area (Å²) >= 11 is 3.39. The minimum Gasteiger partial charge on any atom is -0.352 e. The van der Waals surface area contributed by atoms with Crippen LogP contribution in [0.4, 0.5) is 0 Å². The van der Waals surface area contributed by atoms with Crippen molar-refractivity contribution in [3.05, 3.63) is 64.4 Å². The van der Waals surface area contributed by atoms with Gasteiger partial charge < -0.3 is 9.88 Å². The van der Waals surface area contributed by atoms with E-state index in [1.165, 1.54) is 18.4 Å². The van der Waals surface area contributed by atoms with Gasteiger partial charge in [-0.1, -0.05) is 47.8 Å². The van der Waals surface area contributed by atoms with Crippen molar-refractivity contribution in [1.82, 2.24) is 14.9 Å². The number of benzene rings is 2. The van der Waals surface area contributed by atoms with E-state index in [0.29, 0.717) is 12.1 Å². The summed E-state index contributed by atoms with van der Waals surface area (Å²) in [6.45, 7) is 3.76. The van der Waals surface area contributed by atoms with E-state index in [0.717, 1.165) is 35.2 Å². The Bertz CT molecular complexity index is 871. The Morgan fingerprint density at radius 1 is 1.12 bits per heavy atom. The number of fused-ring (bicyclic) bond motifs is 1. The van der Waals surface area contributed by atoms with Crippen LogP contribution in [0.15, 0.2) is 53.0 Å². The molecule has 4 nitrogen and oxygen atoms in total. The number of rotatable bonds is 8. The standard InChI is InChI=1S/C21H24BrN3O/c1-2-3-6-15-25-19-8-5-4-7-18(19)24-20(25)13-14-23-21(26)16-9-11-17(22)12-10-16/h4-5,7-12H,2-3,6,13-15H2,1H3,(H,23,26). The van der Waals surface area contributed by atoms with Gasteiger partial charge in [-0.2, -0.15) is 0 Å². The van der Waals surface area contributed by atoms with Crippen molar-refractivity contribution in [3.8, 4) is 0 Å². The monoisotopic (exact) mass is 413 g/mol. The van der Waals surface area contributed by atoms with Crippen molar-refractivity contribution in [2.75, 3.05) is 6.54 Å². The topological polar surface area (TPSA) is 46.9 Å². The molecule has 0 aliphatic carbocycles. The molecule has 136 valence electrons. The fraction of sp³-hybridized carbons (Fsp3) is 0.333. The van der Waals surface area contributed by atoms with Crippen LogP contribution in [0.3, 0.4) is 0 Å². The maximum absolute atomic E-state index is 12.3. The van der Waals surface area contributed by atoms with E-state index < -0.39 is 0 Å². The number of unbranched alkanes of at least 4 members (excludes halogenated alkanes) is 2. The Morgan fingerprint density at radius 2 is 1.88 bits per heavy atom. The Hall–Kier alpha value is -2.14. The lowest BCUT2D eigenvalue weighted by atomic mass is 10.2. The van der Waals surface area contributed by atoms with E-state index in [1.807, 2.05) is 30.3 Å². The zero-order valence-corrected chi connectivity index (χ0v) is 16.6. The minimum absolute atomic E-state index is 0.0499. The van der Waals surface area contributed by atoms with E-state index in [9.17, 15) is 4.79 Å². The minimum atomic E-state index is -0.0499. The zero-order chi connectivity index (χ0) is 18.4. The first-order valence-electron chi connectivity index (χ1n) is 9.17. The van der Waals surface area contributed by atoms with E-state index in [1.54, 1.807) is 0 Å². The SMILES string of the molecule is CCCCCn1c(CCNC(=O)c2ccc(Br)cc2)nc2ccccc21. The third-order valence-corrected chi connectivity index (χ3v) is 4.99. The quantitative estimate of drug-likeness (QED) is 0.530. The summed E-state index contributed by atoms with van der Waals surface area (Å²) in [4.78, 5) is 17.0. The fourth-order valence-electron chi connectivity index (χ4n) is 3.08. The number of carbonyl (C=O) groups is 1. The Balaban J connectivity index is 1.66. The number of amides is 1. The molecule has 0 unspecified atom stereocenters. The van der Waals surface area contributed by atoms with Gasteiger partial charge in [-0.25, -0.2) is 4.98 Å².